The van der Waals surface area contributed by atoms with E-state index in [1.54, 1.807) is 18.3 Å². The molecule has 1 aliphatic carbocycles. The molecule has 0 spiro atoms. The Labute approximate surface area is 110 Å². The molecule has 0 amide bonds. The molecule has 0 aliphatic heterocycles. The minimum Gasteiger partial charge on any atom is -0.342 e. The van der Waals surface area contributed by atoms with Crippen molar-refractivity contribution in [1.82, 2.24) is 9.97 Å². The maximum absolute atomic E-state index is 11.1. The summed E-state index contributed by atoms with van der Waals surface area (Å²) in [5.41, 5.74) is 3.88. The number of hydrogen-bond donors (Lipinski definition) is 1. The van der Waals surface area contributed by atoms with Crippen molar-refractivity contribution >= 4 is 11.3 Å². The van der Waals surface area contributed by atoms with Crippen molar-refractivity contribution in [2.75, 3.05) is 0 Å². The molecule has 0 bridgehead atoms. The van der Waals surface area contributed by atoms with Gasteiger partial charge in [-0.2, -0.15) is 0 Å². The zero-order valence-electron chi connectivity index (χ0n) is 10.5. The number of imidazole rings is 1. The monoisotopic (exact) mass is 255 g/mol. The Morgan fingerprint density at radius 2 is 2.26 bits per heavy atom. The largest absolute Gasteiger partial charge is 0.342 e. The molecule has 19 heavy (non-hydrogen) atoms. The standard InChI is InChI=1S/C14H13N3O2/c1-9-15-8-13(16-9)11-5-2-6-12-10(11)4-3-7-14(12)17(18)19/h3-5,7-8H,2,6H2,1H3,(H,15,16). The number of aryl methyl sites for hydroxylation is 1. The van der Waals surface area contributed by atoms with Gasteiger partial charge in [-0.1, -0.05) is 18.2 Å². The quantitative estimate of drug-likeness (QED) is 0.662. The van der Waals surface area contributed by atoms with E-state index in [9.17, 15) is 10.1 Å². The van der Waals surface area contributed by atoms with Crippen LogP contribution in [0.5, 0.6) is 0 Å². The average molecular weight is 255 g/mol. The molecule has 0 unspecified atom stereocenters. The SMILES string of the molecule is Cc1ncc(C2=CCCc3c2cccc3[N+](=O)[O-])[nH]1. The van der Waals surface area contributed by atoms with Gasteiger partial charge < -0.3 is 4.98 Å². The molecule has 2 aromatic rings. The number of nitro benzene ring substituents is 1. The van der Waals surface area contributed by atoms with Crippen molar-refractivity contribution in [2.24, 2.45) is 0 Å². The lowest BCUT2D eigenvalue weighted by Crippen LogP contribution is -2.05. The van der Waals surface area contributed by atoms with Gasteiger partial charge in [-0.3, -0.25) is 10.1 Å². The molecule has 0 saturated carbocycles. The van der Waals surface area contributed by atoms with Crippen molar-refractivity contribution in [3.63, 3.8) is 0 Å². The first-order valence-corrected chi connectivity index (χ1v) is 6.15. The van der Waals surface area contributed by atoms with Gasteiger partial charge in [0, 0.05) is 17.2 Å². The highest BCUT2D eigenvalue weighted by molar-refractivity contribution is 5.82. The van der Waals surface area contributed by atoms with Crippen LogP contribution in [-0.4, -0.2) is 14.9 Å². The smallest absolute Gasteiger partial charge is 0.273 e. The van der Waals surface area contributed by atoms with E-state index in [-0.39, 0.29) is 10.6 Å². The number of hydrogen-bond acceptors (Lipinski definition) is 3. The van der Waals surface area contributed by atoms with Crippen molar-refractivity contribution in [3.05, 3.63) is 63.2 Å². The predicted molar refractivity (Wildman–Crippen MR) is 71.8 cm³/mol. The summed E-state index contributed by atoms with van der Waals surface area (Å²) in [4.78, 5) is 18.2. The average Bonchev–Trinajstić information content (AvgIpc) is 2.83. The molecule has 5 heteroatoms. The van der Waals surface area contributed by atoms with Crippen LogP contribution in [0.1, 0.15) is 29.1 Å². The van der Waals surface area contributed by atoms with E-state index in [4.69, 9.17) is 0 Å². The highest BCUT2D eigenvalue weighted by atomic mass is 16.6. The Morgan fingerprint density at radius 1 is 1.42 bits per heavy atom. The molecule has 0 fully saturated rings. The molecule has 5 nitrogen and oxygen atoms in total. The maximum atomic E-state index is 11.1. The van der Waals surface area contributed by atoms with Gasteiger partial charge in [0.05, 0.1) is 16.8 Å². The number of fused-ring (bicyclic) bond motifs is 1. The Bertz CT molecular complexity index is 686. The zero-order valence-corrected chi connectivity index (χ0v) is 10.5. The summed E-state index contributed by atoms with van der Waals surface area (Å²) in [6.45, 7) is 1.89. The summed E-state index contributed by atoms with van der Waals surface area (Å²) in [5.74, 6) is 0.841. The van der Waals surface area contributed by atoms with Crippen LogP contribution in [0.15, 0.2) is 30.5 Å². The molecule has 0 radical (unpaired) electrons. The molecular weight excluding hydrogens is 242 g/mol. The highest BCUT2D eigenvalue weighted by Gasteiger charge is 2.23. The van der Waals surface area contributed by atoms with Crippen molar-refractivity contribution in [2.45, 2.75) is 19.8 Å². The fraction of sp³-hybridized carbons (Fsp3) is 0.214. The topological polar surface area (TPSA) is 71.8 Å². The zero-order chi connectivity index (χ0) is 13.4. The second kappa shape index (κ2) is 4.35. The Balaban J connectivity index is 2.16. The van der Waals surface area contributed by atoms with Gasteiger partial charge in [0.25, 0.3) is 5.69 Å². The Hall–Kier alpha value is -2.43. The first kappa shape index (κ1) is 11.6. The number of benzene rings is 1. The summed E-state index contributed by atoms with van der Waals surface area (Å²) in [5, 5.41) is 11.1. The minimum atomic E-state index is -0.306. The fourth-order valence-corrected chi connectivity index (χ4v) is 2.54. The third-order valence-corrected chi connectivity index (χ3v) is 3.37. The molecule has 0 saturated heterocycles. The molecule has 1 aliphatic rings. The third-order valence-electron chi connectivity index (χ3n) is 3.37. The molecule has 1 aromatic carbocycles. The summed E-state index contributed by atoms with van der Waals surface area (Å²) >= 11 is 0. The number of nitrogens with zero attached hydrogens (tertiary/aromatic N) is 2. The van der Waals surface area contributed by atoms with E-state index in [1.165, 1.54) is 0 Å². The number of nitrogens with one attached hydrogen (secondary N) is 1. The van der Waals surface area contributed by atoms with E-state index in [0.717, 1.165) is 34.6 Å². The van der Waals surface area contributed by atoms with Crippen molar-refractivity contribution in [3.8, 4) is 0 Å². The van der Waals surface area contributed by atoms with E-state index < -0.39 is 0 Å². The predicted octanol–water partition coefficient (Wildman–Crippen LogP) is 3.00. The van der Waals surface area contributed by atoms with Gasteiger partial charge in [0.15, 0.2) is 0 Å². The summed E-state index contributed by atoms with van der Waals surface area (Å²) in [7, 11) is 0. The van der Waals surface area contributed by atoms with Crippen molar-refractivity contribution in [1.29, 1.82) is 0 Å². The van der Waals surface area contributed by atoms with E-state index in [0.29, 0.717) is 6.42 Å². The first-order chi connectivity index (χ1) is 9.16. The number of aromatic nitrogens is 2. The van der Waals surface area contributed by atoms with E-state index in [2.05, 4.69) is 16.0 Å². The second-order valence-electron chi connectivity index (χ2n) is 4.60. The van der Waals surface area contributed by atoms with Gasteiger partial charge in [-0.15, -0.1) is 0 Å². The van der Waals surface area contributed by atoms with E-state index in [1.807, 2.05) is 13.0 Å². The number of aromatic amines is 1. The number of rotatable bonds is 2. The summed E-state index contributed by atoms with van der Waals surface area (Å²) in [6, 6.07) is 5.24. The Morgan fingerprint density at radius 3 is 2.95 bits per heavy atom. The van der Waals surface area contributed by atoms with Crippen LogP contribution >= 0.6 is 0 Å². The summed E-state index contributed by atoms with van der Waals surface area (Å²) < 4.78 is 0. The lowest BCUT2D eigenvalue weighted by molar-refractivity contribution is -0.385. The number of nitro groups is 1. The minimum absolute atomic E-state index is 0.208. The van der Waals surface area contributed by atoms with Crippen LogP contribution in [-0.2, 0) is 6.42 Å². The maximum Gasteiger partial charge on any atom is 0.273 e. The van der Waals surface area contributed by atoms with Crippen LogP contribution in [0.3, 0.4) is 0 Å². The lowest BCUT2D eigenvalue weighted by Gasteiger charge is -2.16. The fourth-order valence-electron chi connectivity index (χ4n) is 2.54. The number of allylic oxidation sites excluding steroid dienone is 1. The Kier molecular flexibility index (Phi) is 2.67. The summed E-state index contributed by atoms with van der Waals surface area (Å²) in [6.07, 6.45) is 5.41. The second-order valence-corrected chi connectivity index (χ2v) is 4.60. The van der Waals surface area contributed by atoms with Gasteiger partial charge in [-0.05, 0) is 25.3 Å². The van der Waals surface area contributed by atoms with Crippen molar-refractivity contribution < 1.29 is 4.92 Å². The normalized spacial score (nSPS) is 13.8. The molecule has 96 valence electrons. The first-order valence-electron chi connectivity index (χ1n) is 6.15. The van der Waals surface area contributed by atoms with Crippen LogP contribution in [0.4, 0.5) is 5.69 Å². The molecule has 0 atom stereocenters. The van der Waals surface area contributed by atoms with Crippen LogP contribution in [0.2, 0.25) is 0 Å². The molecule has 3 rings (SSSR count). The van der Waals surface area contributed by atoms with Crippen LogP contribution < -0.4 is 0 Å². The van der Waals surface area contributed by atoms with Crippen LogP contribution in [0, 0.1) is 17.0 Å². The highest BCUT2D eigenvalue weighted by Crippen LogP contribution is 2.35. The van der Waals surface area contributed by atoms with Gasteiger partial charge >= 0.3 is 0 Å². The molecular formula is C14H13N3O2. The lowest BCUT2D eigenvalue weighted by atomic mass is 9.88. The molecule has 1 heterocycles. The van der Waals surface area contributed by atoms with Crippen LogP contribution in [0.25, 0.3) is 5.57 Å². The molecule has 1 aromatic heterocycles. The van der Waals surface area contributed by atoms with Gasteiger partial charge in [0.1, 0.15) is 5.82 Å². The van der Waals surface area contributed by atoms with Gasteiger partial charge in [0.2, 0.25) is 0 Å². The van der Waals surface area contributed by atoms with E-state index >= 15 is 0 Å². The molecule has 1 N–H and O–H groups in total. The third kappa shape index (κ3) is 1.93. The van der Waals surface area contributed by atoms with Gasteiger partial charge in [-0.25, -0.2) is 4.98 Å². The number of H-pyrrole nitrogens is 1.